The van der Waals surface area contributed by atoms with Crippen molar-refractivity contribution < 1.29 is 19.4 Å². The SMILES string of the molecule is Cc1ccc(C(C)C)c(OCC(=O)NC(C)CC(=O)O)c1. The van der Waals surface area contributed by atoms with E-state index in [2.05, 4.69) is 19.2 Å². The van der Waals surface area contributed by atoms with E-state index in [-0.39, 0.29) is 18.9 Å². The van der Waals surface area contributed by atoms with Gasteiger partial charge in [-0.05, 0) is 37.0 Å². The third-order valence-electron chi connectivity index (χ3n) is 3.04. The summed E-state index contributed by atoms with van der Waals surface area (Å²) in [5.74, 6) is -0.259. The molecule has 2 N–H and O–H groups in total. The Morgan fingerprint density at radius 3 is 2.52 bits per heavy atom. The fraction of sp³-hybridized carbons (Fsp3) is 0.500. The van der Waals surface area contributed by atoms with Crippen LogP contribution in [0, 0.1) is 6.92 Å². The summed E-state index contributed by atoms with van der Waals surface area (Å²) in [7, 11) is 0. The number of ether oxygens (including phenoxy) is 1. The van der Waals surface area contributed by atoms with Crippen LogP contribution in [0.5, 0.6) is 5.75 Å². The van der Waals surface area contributed by atoms with Crippen LogP contribution in [0.1, 0.15) is 44.2 Å². The molecule has 0 aliphatic carbocycles. The molecule has 1 unspecified atom stereocenters. The molecule has 1 amide bonds. The van der Waals surface area contributed by atoms with Crippen LogP contribution in [0.3, 0.4) is 0 Å². The number of nitrogens with one attached hydrogen (secondary N) is 1. The molecule has 0 bridgehead atoms. The second-order valence-corrected chi connectivity index (χ2v) is 5.55. The van der Waals surface area contributed by atoms with E-state index in [1.165, 1.54) is 0 Å². The van der Waals surface area contributed by atoms with E-state index < -0.39 is 12.0 Å². The number of carbonyl (C=O) groups excluding carboxylic acids is 1. The first-order valence-electron chi connectivity index (χ1n) is 7.04. The minimum atomic E-state index is -0.940. The normalized spacial score (nSPS) is 12.0. The number of carbonyl (C=O) groups is 2. The lowest BCUT2D eigenvalue weighted by molar-refractivity contribution is -0.137. The summed E-state index contributed by atoms with van der Waals surface area (Å²) in [6.07, 6.45) is -0.104. The van der Waals surface area contributed by atoms with Gasteiger partial charge in [0.2, 0.25) is 0 Å². The largest absolute Gasteiger partial charge is 0.483 e. The number of hydrogen-bond acceptors (Lipinski definition) is 3. The number of aryl methyl sites for hydroxylation is 1. The van der Waals surface area contributed by atoms with Crippen molar-refractivity contribution in [3.63, 3.8) is 0 Å². The smallest absolute Gasteiger partial charge is 0.305 e. The first kappa shape index (κ1) is 17.0. The van der Waals surface area contributed by atoms with Crippen LogP contribution in [-0.2, 0) is 9.59 Å². The highest BCUT2D eigenvalue weighted by Crippen LogP contribution is 2.27. The van der Waals surface area contributed by atoms with E-state index in [0.29, 0.717) is 11.7 Å². The zero-order valence-corrected chi connectivity index (χ0v) is 13.0. The van der Waals surface area contributed by atoms with Crippen molar-refractivity contribution in [3.8, 4) is 5.75 Å². The van der Waals surface area contributed by atoms with Crippen LogP contribution < -0.4 is 10.1 Å². The van der Waals surface area contributed by atoms with E-state index in [1.807, 2.05) is 25.1 Å². The Kier molecular flexibility index (Phi) is 6.21. The van der Waals surface area contributed by atoms with Gasteiger partial charge < -0.3 is 15.2 Å². The van der Waals surface area contributed by atoms with E-state index in [1.54, 1.807) is 6.92 Å². The lowest BCUT2D eigenvalue weighted by Crippen LogP contribution is -2.37. The number of benzene rings is 1. The van der Waals surface area contributed by atoms with Gasteiger partial charge in [0.25, 0.3) is 5.91 Å². The quantitative estimate of drug-likeness (QED) is 0.810. The molecule has 5 nitrogen and oxygen atoms in total. The average molecular weight is 293 g/mol. The predicted octanol–water partition coefficient (Wildman–Crippen LogP) is 2.48. The van der Waals surface area contributed by atoms with Crippen molar-refractivity contribution in [1.29, 1.82) is 0 Å². The fourth-order valence-electron chi connectivity index (χ4n) is 2.02. The van der Waals surface area contributed by atoms with Crippen LogP contribution in [-0.4, -0.2) is 29.6 Å². The highest BCUT2D eigenvalue weighted by Gasteiger charge is 2.13. The van der Waals surface area contributed by atoms with Crippen LogP contribution >= 0.6 is 0 Å². The minimum absolute atomic E-state index is 0.104. The highest BCUT2D eigenvalue weighted by atomic mass is 16.5. The van der Waals surface area contributed by atoms with Crippen LogP contribution in [0.2, 0.25) is 0 Å². The number of aliphatic carboxylic acids is 1. The van der Waals surface area contributed by atoms with Gasteiger partial charge in [0.05, 0.1) is 6.42 Å². The zero-order chi connectivity index (χ0) is 16.0. The molecular weight excluding hydrogens is 270 g/mol. The van der Waals surface area contributed by atoms with Crippen molar-refractivity contribution in [2.24, 2.45) is 0 Å². The van der Waals surface area contributed by atoms with Crippen molar-refractivity contribution in [3.05, 3.63) is 29.3 Å². The number of carboxylic acid groups (broad SMARTS) is 1. The summed E-state index contributed by atoms with van der Waals surface area (Å²) >= 11 is 0. The summed E-state index contributed by atoms with van der Waals surface area (Å²) in [4.78, 5) is 22.3. The van der Waals surface area contributed by atoms with Gasteiger partial charge >= 0.3 is 5.97 Å². The maximum Gasteiger partial charge on any atom is 0.305 e. The number of hydrogen-bond donors (Lipinski definition) is 2. The van der Waals surface area contributed by atoms with E-state index >= 15 is 0 Å². The summed E-state index contributed by atoms with van der Waals surface area (Å²) in [6, 6.07) is 5.50. The van der Waals surface area contributed by atoms with Crippen LogP contribution in [0.4, 0.5) is 0 Å². The molecule has 0 heterocycles. The molecular formula is C16H23NO4. The van der Waals surface area contributed by atoms with Gasteiger partial charge in [0.15, 0.2) is 6.61 Å². The maximum atomic E-state index is 11.7. The Morgan fingerprint density at radius 1 is 1.29 bits per heavy atom. The van der Waals surface area contributed by atoms with Gasteiger partial charge in [-0.25, -0.2) is 0 Å². The molecule has 0 fully saturated rings. The second-order valence-electron chi connectivity index (χ2n) is 5.55. The first-order chi connectivity index (χ1) is 9.79. The molecule has 1 atom stereocenters. The van der Waals surface area contributed by atoms with Crippen molar-refractivity contribution in [1.82, 2.24) is 5.32 Å². The summed E-state index contributed by atoms with van der Waals surface area (Å²) < 4.78 is 5.59. The summed E-state index contributed by atoms with van der Waals surface area (Å²) in [5, 5.41) is 11.3. The van der Waals surface area contributed by atoms with E-state index in [4.69, 9.17) is 9.84 Å². The molecule has 1 aromatic carbocycles. The minimum Gasteiger partial charge on any atom is -0.483 e. The van der Waals surface area contributed by atoms with Gasteiger partial charge in [0.1, 0.15) is 5.75 Å². The topological polar surface area (TPSA) is 75.6 Å². The summed E-state index contributed by atoms with van der Waals surface area (Å²) in [5.41, 5.74) is 2.11. The Bertz CT molecular complexity index is 511. The predicted molar refractivity (Wildman–Crippen MR) is 80.6 cm³/mol. The number of carboxylic acids is 1. The van der Waals surface area contributed by atoms with Gasteiger partial charge in [-0.3, -0.25) is 9.59 Å². The molecule has 0 aliphatic rings. The zero-order valence-electron chi connectivity index (χ0n) is 13.0. The molecule has 1 rings (SSSR count). The standard InChI is InChI=1S/C16H23NO4/c1-10(2)13-6-5-11(3)7-14(13)21-9-15(18)17-12(4)8-16(19)20/h5-7,10,12H,8-9H2,1-4H3,(H,17,18)(H,19,20). The third kappa shape index (κ3) is 5.85. The third-order valence-corrected chi connectivity index (χ3v) is 3.04. The second kappa shape index (κ2) is 7.67. The van der Waals surface area contributed by atoms with E-state index in [9.17, 15) is 9.59 Å². The molecule has 0 aliphatic heterocycles. The van der Waals surface area contributed by atoms with Crippen molar-refractivity contribution in [2.45, 2.75) is 46.1 Å². The molecule has 0 radical (unpaired) electrons. The highest BCUT2D eigenvalue weighted by molar-refractivity contribution is 5.78. The molecule has 21 heavy (non-hydrogen) atoms. The fourth-order valence-corrected chi connectivity index (χ4v) is 2.02. The molecule has 5 heteroatoms. The number of amides is 1. The molecule has 0 spiro atoms. The lowest BCUT2D eigenvalue weighted by atomic mass is 10.0. The van der Waals surface area contributed by atoms with Gasteiger partial charge in [-0.1, -0.05) is 26.0 Å². The first-order valence-corrected chi connectivity index (χ1v) is 7.04. The molecule has 1 aromatic rings. The van der Waals surface area contributed by atoms with E-state index in [0.717, 1.165) is 11.1 Å². The number of rotatable bonds is 7. The Morgan fingerprint density at radius 2 is 1.95 bits per heavy atom. The molecule has 0 aromatic heterocycles. The van der Waals surface area contributed by atoms with Crippen molar-refractivity contribution >= 4 is 11.9 Å². The molecule has 0 saturated carbocycles. The monoisotopic (exact) mass is 293 g/mol. The van der Waals surface area contributed by atoms with Crippen molar-refractivity contribution in [2.75, 3.05) is 6.61 Å². The van der Waals surface area contributed by atoms with Gasteiger partial charge in [-0.2, -0.15) is 0 Å². The Balaban J connectivity index is 2.60. The van der Waals surface area contributed by atoms with Crippen LogP contribution in [0.15, 0.2) is 18.2 Å². The Hall–Kier alpha value is -2.04. The Labute approximate surface area is 125 Å². The van der Waals surface area contributed by atoms with Gasteiger partial charge in [-0.15, -0.1) is 0 Å². The summed E-state index contributed by atoms with van der Waals surface area (Å²) in [6.45, 7) is 7.62. The maximum absolute atomic E-state index is 11.7. The average Bonchev–Trinajstić information content (AvgIpc) is 2.34. The molecule has 0 saturated heterocycles. The lowest BCUT2D eigenvalue weighted by Gasteiger charge is -2.16. The van der Waals surface area contributed by atoms with Crippen LogP contribution in [0.25, 0.3) is 0 Å². The van der Waals surface area contributed by atoms with Gasteiger partial charge in [0, 0.05) is 6.04 Å². The molecule has 116 valence electrons.